The number of nitrogens with two attached hydrogens (primary N) is 1. The molecule has 0 bridgehead atoms. The molecule has 0 saturated carbocycles. The van der Waals surface area contributed by atoms with Crippen LogP contribution in [-0.4, -0.2) is 4.98 Å². The Morgan fingerprint density at radius 2 is 1.95 bits per heavy atom. The van der Waals surface area contributed by atoms with Gasteiger partial charge in [-0.2, -0.15) is 0 Å². The van der Waals surface area contributed by atoms with Crippen molar-refractivity contribution in [3.63, 3.8) is 0 Å². The molecule has 0 saturated heterocycles. The van der Waals surface area contributed by atoms with Gasteiger partial charge in [-0.25, -0.2) is 0 Å². The number of nitrogen functional groups attached to an aromatic ring is 1. The highest BCUT2D eigenvalue weighted by Crippen LogP contribution is 2.30. The van der Waals surface area contributed by atoms with E-state index in [1.165, 1.54) is 0 Å². The Morgan fingerprint density at radius 1 is 1.05 bits per heavy atom. The third-order valence-electron chi connectivity index (χ3n) is 2.78. The summed E-state index contributed by atoms with van der Waals surface area (Å²) < 4.78 is 6.89. The molecular weight excluding hydrogens is 351 g/mol. The van der Waals surface area contributed by atoms with E-state index in [0.29, 0.717) is 11.4 Å². The lowest BCUT2D eigenvalue weighted by atomic mass is 10.2. The lowest BCUT2D eigenvalue weighted by Crippen LogP contribution is -1.92. The molecule has 2 N–H and O–H groups in total. The molecule has 2 aromatic carbocycles. The van der Waals surface area contributed by atoms with Gasteiger partial charge in [0.25, 0.3) is 0 Å². The first kappa shape index (κ1) is 12.2. The van der Waals surface area contributed by atoms with Gasteiger partial charge in [-0.15, -0.1) is 0 Å². The smallest absolute Gasteiger partial charge is 0.150 e. The quantitative estimate of drug-likeness (QED) is 0.549. The van der Waals surface area contributed by atoms with Gasteiger partial charge in [-0.05, 0) is 59.0 Å². The van der Waals surface area contributed by atoms with Gasteiger partial charge in [-0.3, -0.25) is 4.98 Å². The van der Waals surface area contributed by atoms with Gasteiger partial charge >= 0.3 is 0 Å². The van der Waals surface area contributed by atoms with Crippen LogP contribution in [0.15, 0.2) is 54.7 Å². The van der Waals surface area contributed by atoms with Gasteiger partial charge in [0.05, 0.1) is 11.2 Å². The van der Waals surface area contributed by atoms with Gasteiger partial charge in [0, 0.05) is 21.2 Å². The Hall–Kier alpha value is -1.82. The Morgan fingerprint density at radius 3 is 2.79 bits per heavy atom. The van der Waals surface area contributed by atoms with Crippen molar-refractivity contribution in [3.05, 3.63) is 58.3 Å². The van der Waals surface area contributed by atoms with Crippen molar-refractivity contribution in [3.8, 4) is 11.5 Å². The third kappa shape index (κ3) is 2.63. The number of hydrogen-bond donors (Lipinski definition) is 1. The summed E-state index contributed by atoms with van der Waals surface area (Å²) in [5.41, 5.74) is 7.48. The van der Waals surface area contributed by atoms with Crippen LogP contribution < -0.4 is 10.5 Å². The van der Waals surface area contributed by atoms with Crippen molar-refractivity contribution < 1.29 is 4.74 Å². The van der Waals surface area contributed by atoms with Gasteiger partial charge in [0.2, 0.25) is 0 Å². The molecule has 0 atom stereocenters. The average molecular weight is 362 g/mol. The minimum absolute atomic E-state index is 0.632. The number of ether oxygens (including phenoxy) is 1. The van der Waals surface area contributed by atoms with E-state index in [4.69, 9.17) is 10.5 Å². The third-order valence-corrected chi connectivity index (χ3v) is 3.45. The summed E-state index contributed by atoms with van der Waals surface area (Å²) in [6.07, 6.45) is 1.77. The Kier molecular flexibility index (Phi) is 3.25. The highest BCUT2D eigenvalue weighted by atomic mass is 127. The fraction of sp³-hybridized carbons (Fsp3) is 0. The molecule has 1 heterocycles. The van der Waals surface area contributed by atoms with Crippen molar-refractivity contribution >= 4 is 39.2 Å². The minimum Gasteiger partial charge on any atom is -0.455 e. The average Bonchev–Trinajstić information content (AvgIpc) is 2.42. The lowest BCUT2D eigenvalue weighted by Gasteiger charge is -2.09. The van der Waals surface area contributed by atoms with Crippen molar-refractivity contribution in [2.45, 2.75) is 0 Å². The van der Waals surface area contributed by atoms with Gasteiger partial charge in [0.15, 0.2) is 0 Å². The molecule has 3 aromatic rings. The number of pyridine rings is 1. The van der Waals surface area contributed by atoms with Gasteiger partial charge in [-0.1, -0.05) is 6.07 Å². The number of fused-ring (bicyclic) bond motifs is 1. The highest BCUT2D eigenvalue weighted by molar-refractivity contribution is 14.1. The second-order valence-electron chi connectivity index (χ2n) is 4.14. The number of halogens is 1. The highest BCUT2D eigenvalue weighted by Gasteiger charge is 2.04. The standard InChI is InChI=1S/C15H11IN2O/c16-11-4-6-15(13(17)8-11)19-12-5-3-10-2-1-7-18-14(10)9-12/h1-9H,17H2. The van der Waals surface area contributed by atoms with E-state index in [0.717, 1.165) is 20.2 Å². The Balaban J connectivity index is 1.96. The zero-order valence-corrected chi connectivity index (χ0v) is 12.2. The van der Waals surface area contributed by atoms with Crippen molar-refractivity contribution in [1.82, 2.24) is 4.98 Å². The van der Waals surface area contributed by atoms with E-state index < -0.39 is 0 Å². The molecule has 0 fully saturated rings. The second-order valence-corrected chi connectivity index (χ2v) is 5.39. The van der Waals surface area contributed by atoms with Crippen LogP contribution in [0.3, 0.4) is 0 Å². The zero-order chi connectivity index (χ0) is 13.2. The number of benzene rings is 2. The number of nitrogens with zero attached hydrogens (tertiary/aromatic N) is 1. The SMILES string of the molecule is Nc1cc(I)ccc1Oc1ccc2cccnc2c1. The van der Waals surface area contributed by atoms with Crippen molar-refractivity contribution in [2.75, 3.05) is 5.73 Å². The van der Waals surface area contributed by atoms with Crippen LogP contribution in [0.25, 0.3) is 10.9 Å². The number of aromatic nitrogens is 1. The molecule has 0 radical (unpaired) electrons. The summed E-state index contributed by atoms with van der Waals surface area (Å²) in [5, 5.41) is 1.09. The topological polar surface area (TPSA) is 48.1 Å². The van der Waals surface area contributed by atoms with Crippen LogP contribution in [0, 0.1) is 3.57 Å². The fourth-order valence-electron chi connectivity index (χ4n) is 1.85. The molecule has 3 rings (SSSR count). The van der Waals surface area contributed by atoms with Crippen LogP contribution in [-0.2, 0) is 0 Å². The summed E-state index contributed by atoms with van der Waals surface area (Å²) in [5.74, 6) is 1.40. The van der Waals surface area contributed by atoms with E-state index in [9.17, 15) is 0 Å². The van der Waals surface area contributed by atoms with Gasteiger partial charge < -0.3 is 10.5 Å². The molecule has 1 aromatic heterocycles. The molecule has 19 heavy (non-hydrogen) atoms. The minimum atomic E-state index is 0.632. The summed E-state index contributed by atoms with van der Waals surface area (Å²) in [6, 6.07) is 15.5. The predicted molar refractivity (Wildman–Crippen MR) is 85.4 cm³/mol. The summed E-state index contributed by atoms with van der Waals surface area (Å²) >= 11 is 2.22. The van der Waals surface area contributed by atoms with E-state index in [1.807, 2.05) is 48.5 Å². The Labute approximate surface area is 124 Å². The summed E-state index contributed by atoms with van der Waals surface area (Å²) in [6.45, 7) is 0. The molecule has 3 nitrogen and oxygen atoms in total. The lowest BCUT2D eigenvalue weighted by molar-refractivity contribution is 0.485. The van der Waals surface area contributed by atoms with E-state index >= 15 is 0 Å². The first-order chi connectivity index (χ1) is 9.22. The monoisotopic (exact) mass is 362 g/mol. The molecule has 94 valence electrons. The largest absolute Gasteiger partial charge is 0.455 e. The molecular formula is C15H11IN2O. The summed E-state index contributed by atoms with van der Waals surface area (Å²) in [7, 11) is 0. The maximum absolute atomic E-state index is 5.94. The molecule has 0 aliphatic carbocycles. The number of anilines is 1. The summed E-state index contributed by atoms with van der Waals surface area (Å²) in [4.78, 5) is 4.31. The van der Waals surface area contributed by atoms with Gasteiger partial charge in [0.1, 0.15) is 11.5 Å². The fourth-order valence-corrected chi connectivity index (χ4v) is 2.36. The molecule has 0 amide bonds. The van der Waals surface area contributed by atoms with Crippen LogP contribution in [0.2, 0.25) is 0 Å². The first-order valence-corrected chi connectivity index (χ1v) is 6.88. The second kappa shape index (κ2) is 5.05. The molecule has 4 heteroatoms. The maximum Gasteiger partial charge on any atom is 0.150 e. The molecule has 0 aliphatic heterocycles. The first-order valence-electron chi connectivity index (χ1n) is 5.80. The van der Waals surface area contributed by atoms with E-state index in [2.05, 4.69) is 27.6 Å². The Bertz CT molecular complexity index is 743. The van der Waals surface area contributed by atoms with Crippen molar-refractivity contribution in [1.29, 1.82) is 0 Å². The number of hydrogen-bond acceptors (Lipinski definition) is 3. The van der Waals surface area contributed by atoms with Crippen LogP contribution in [0.1, 0.15) is 0 Å². The molecule has 0 unspecified atom stereocenters. The maximum atomic E-state index is 5.94. The predicted octanol–water partition coefficient (Wildman–Crippen LogP) is 4.21. The van der Waals surface area contributed by atoms with Crippen molar-refractivity contribution in [2.24, 2.45) is 0 Å². The normalized spacial score (nSPS) is 10.6. The number of rotatable bonds is 2. The van der Waals surface area contributed by atoms with Crippen LogP contribution in [0.4, 0.5) is 5.69 Å². The van der Waals surface area contributed by atoms with E-state index in [-0.39, 0.29) is 0 Å². The van der Waals surface area contributed by atoms with Crippen LogP contribution >= 0.6 is 22.6 Å². The molecule has 0 spiro atoms. The zero-order valence-electron chi connectivity index (χ0n) is 10.0. The van der Waals surface area contributed by atoms with Crippen LogP contribution in [0.5, 0.6) is 11.5 Å². The molecule has 0 aliphatic rings. The van der Waals surface area contributed by atoms with E-state index in [1.54, 1.807) is 6.20 Å².